The molecule has 2 N–H and O–H groups in total. The quantitative estimate of drug-likeness (QED) is 0.616. The summed E-state index contributed by atoms with van der Waals surface area (Å²) >= 11 is 6.67. The molecule has 1 aliphatic rings. The highest BCUT2D eigenvalue weighted by Crippen LogP contribution is 2.35. The number of benzene rings is 1. The molecule has 1 amide bonds. The standard InChI is InChI=1S/C25H36ClN3O/c1-24(2,3)17-13-18(25(4,5)6)15-19(14-17)29-20(12-16-10-8-7-9-11-16)21(26)22(28-29)23(27)30/h13-16H,7-12H2,1-6H3,(H2,27,30). The van der Waals surface area contributed by atoms with Crippen molar-refractivity contribution in [1.82, 2.24) is 9.78 Å². The van der Waals surface area contributed by atoms with E-state index in [0.717, 1.165) is 17.8 Å². The van der Waals surface area contributed by atoms with E-state index in [4.69, 9.17) is 17.3 Å². The Morgan fingerprint density at radius 2 is 1.57 bits per heavy atom. The van der Waals surface area contributed by atoms with Crippen LogP contribution in [-0.2, 0) is 17.3 Å². The van der Waals surface area contributed by atoms with Crippen LogP contribution < -0.4 is 5.73 Å². The fourth-order valence-corrected chi connectivity index (χ4v) is 4.53. The predicted molar refractivity (Wildman–Crippen MR) is 125 cm³/mol. The zero-order valence-corrected chi connectivity index (χ0v) is 20.1. The van der Waals surface area contributed by atoms with Gasteiger partial charge >= 0.3 is 0 Å². The van der Waals surface area contributed by atoms with Crippen LogP contribution in [0.1, 0.15) is 101 Å². The van der Waals surface area contributed by atoms with Gasteiger partial charge in [-0.2, -0.15) is 5.10 Å². The highest BCUT2D eigenvalue weighted by atomic mass is 35.5. The number of halogens is 1. The van der Waals surface area contributed by atoms with Crippen LogP contribution in [-0.4, -0.2) is 15.7 Å². The zero-order valence-electron chi connectivity index (χ0n) is 19.3. The van der Waals surface area contributed by atoms with Crippen molar-refractivity contribution in [3.8, 4) is 5.69 Å². The molecular weight excluding hydrogens is 394 g/mol. The molecule has 164 valence electrons. The molecule has 3 rings (SSSR count). The van der Waals surface area contributed by atoms with Gasteiger partial charge in [0.25, 0.3) is 5.91 Å². The van der Waals surface area contributed by atoms with Crippen molar-refractivity contribution < 1.29 is 4.79 Å². The Balaban J connectivity index is 2.18. The van der Waals surface area contributed by atoms with Gasteiger partial charge in [0, 0.05) is 0 Å². The number of nitrogens with zero attached hydrogens (tertiary/aromatic N) is 2. The number of carbonyl (C=O) groups excluding carboxylic acids is 1. The number of nitrogens with two attached hydrogens (primary N) is 1. The van der Waals surface area contributed by atoms with Crippen molar-refractivity contribution in [2.75, 3.05) is 0 Å². The van der Waals surface area contributed by atoms with E-state index in [1.165, 1.54) is 43.2 Å². The van der Waals surface area contributed by atoms with Crippen LogP contribution in [0.2, 0.25) is 5.02 Å². The van der Waals surface area contributed by atoms with Crippen molar-refractivity contribution in [1.29, 1.82) is 0 Å². The maximum Gasteiger partial charge on any atom is 0.270 e. The molecule has 0 spiro atoms. The molecular formula is C25H36ClN3O. The molecule has 0 aliphatic heterocycles. The second-order valence-corrected chi connectivity index (χ2v) is 11.2. The third kappa shape index (κ3) is 4.91. The Morgan fingerprint density at radius 1 is 1.03 bits per heavy atom. The van der Waals surface area contributed by atoms with E-state index in [9.17, 15) is 4.79 Å². The molecule has 0 bridgehead atoms. The van der Waals surface area contributed by atoms with Crippen molar-refractivity contribution >= 4 is 17.5 Å². The minimum absolute atomic E-state index is 0.0109. The molecule has 1 aliphatic carbocycles. The molecule has 0 radical (unpaired) electrons. The van der Waals surface area contributed by atoms with Crippen LogP contribution in [0.15, 0.2) is 18.2 Å². The van der Waals surface area contributed by atoms with Gasteiger partial charge in [0.05, 0.1) is 16.4 Å². The third-order valence-corrected chi connectivity index (χ3v) is 6.65. The maximum atomic E-state index is 12.0. The molecule has 1 aromatic heterocycles. The van der Waals surface area contributed by atoms with E-state index in [0.29, 0.717) is 10.9 Å². The summed E-state index contributed by atoms with van der Waals surface area (Å²) in [5.41, 5.74) is 10.1. The first-order valence-electron chi connectivity index (χ1n) is 11.1. The Hall–Kier alpha value is -1.81. The number of aromatic nitrogens is 2. The summed E-state index contributed by atoms with van der Waals surface area (Å²) in [5.74, 6) is -0.00743. The van der Waals surface area contributed by atoms with Crippen molar-refractivity contribution in [3.05, 3.63) is 45.7 Å². The monoisotopic (exact) mass is 429 g/mol. The molecule has 30 heavy (non-hydrogen) atoms. The van der Waals surface area contributed by atoms with Crippen molar-refractivity contribution in [3.63, 3.8) is 0 Å². The summed E-state index contributed by atoms with van der Waals surface area (Å²) in [6.07, 6.45) is 7.03. The summed E-state index contributed by atoms with van der Waals surface area (Å²) in [6, 6.07) is 6.63. The normalized spacial score (nSPS) is 16.1. The lowest BCUT2D eigenvalue weighted by molar-refractivity contribution is 0.0995. The SMILES string of the molecule is CC(C)(C)c1cc(-n2nc(C(N)=O)c(Cl)c2CC2CCCCC2)cc(C(C)(C)C)c1. The maximum absolute atomic E-state index is 12.0. The molecule has 1 aromatic carbocycles. The van der Waals surface area contributed by atoms with Gasteiger partial charge in [0.15, 0.2) is 5.69 Å². The molecule has 0 unspecified atom stereocenters. The highest BCUT2D eigenvalue weighted by molar-refractivity contribution is 6.34. The van der Waals surface area contributed by atoms with Crippen molar-refractivity contribution in [2.24, 2.45) is 11.7 Å². The smallest absolute Gasteiger partial charge is 0.270 e. The Kier molecular flexibility index (Phi) is 6.38. The minimum Gasteiger partial charge on any atom is -0.364 e. The molecule has 5 heteroatoms. The summed E-state index contributed by atoms with van der Waals surface area (Å²) in [7, 11) is 0. The fourth-order valence-electron chi connectivity index (χ4n) is 4.25. The number of amides is 1. The van der Waals surface area contributed by atoms with Crippen LogP contribution in [0.4, 0.5) is 0 Å². The van der Waals surface area contributed by atoms with Gasteiger partial charge in [0.2, 0.25) is 0 Å². The summed E-state index contributed by atoms with van der Waals surface area (Å²) in [6.45, 7) is 13.3. The lowest BCUT2D eigenvalue weighted by atomic mass is 9.80. The minimum atomic E-state index is -0.577. The van der Waals surface area contributed by atoms with Crippen LogP contribution in [0, 0.1) is 5.92 Å². The number of hydrogen-bond acceptors (Lipinski definition) is 2. The number of hydrogen-bond donors (Lipinski definition) is 1. The summed E-state index contributed by atoms with van der Waals surface area (Å²) in [5, 5.41) is 5.01. The van der Waals surface area contributed by atoms with Crippen LogP contribution in [0.25, 0.3) is 5.69 Å². The lowest BCUT2D eigenvalue weighted by Gasteiger charge is -2.27. The summed E-state index contributed by atoms with van der Waals surface area (Å²) < 4.78 is 1.88. The Labute approximate surface area is 186 Å². The average molecular weight is 430 g/mol. The lowest BCUT2D eigenvalue weighted by Crippen LogP contribution is -2.19. The van der Waals surface area contributed by atoms with E-state index < -0.39 is 5.91 Å². The van der Waals surface area contributed by atoms with Gasteiger partial charge in [-0.05, 0) is 46.4 Å². The van der Waals surface area contributed by atoms with Crippen molar-refractivity contribution in [2.45, 2.75) is 90.9 Å². The topological polar surface area (TPSA) is 60.9 Å². The molecule has 2 aromatic rings. The largest absolute Gasteiger partial charge is 0.364 e. The van der Waals surface area contributed by atoms with Gasteiger partial charge in [-0.1, -0.05) is 91.3 Å². The highest BCUT2D eigenvalue weighted by Gasteiger charge is 2.27. The van der Waals surface area contributed by atoms with E-state index in [2.05, 4.69) is 64.8 Å². The zero-order chi connectivity index (χ0) is 22.3. The van der Waals surface area contributed by atoms with E-state index in [-0.39, 0.29) is 16.5 Å². The van der Waals surface area contributed by atoms with Gasteiger partial charge in [-0.15, -0.1) is 0 Å². The van der Waals surface area contributed by atoms with Crippen LogP contribution >= 0.6 is 11.6 Å². The number of primary amides is 1. The third-order valence-electron chi connectivity index (χ3n) is 6.25. The fraction of sp³-hybridized carbons (Fsp3) is 0.600. The van der Waals surface area contributed by atoms with Gasteiger partial charge in [-0.25, -0.2) is 4.68 Å². The van der Waals surface area contributed by atoms with Gasteiger partial charge in [0.1, 0.15) is 0 Å². The second-order valence-electron chi connectivity index (χ2n) is 10.9. The van der Waals surface area contributed by atoms with Crippen LogP contribution in [0.5, 0.6) is 0 Å². The molecule has 4 nitrogen and oxygen atoms in total. The molecule has 1 saturated carbocycles. The van der Waals surface area contributed by atoms with Crippen LogP contribution in [0.3, 0.4) is 0 Å². The predicted octanol–water partition coefficient (Wildman–Crippen LogP) is 6.34. The number of rotatable bonds is 4. The molecule has 1 heterocycles. The number of carbonyl (C=O) groups is 1. The van der Waals surface area contributed by atoms with E-state index in [1.807, 2.05) is 4.68 Å². The second kappa shape index (κ2) is 8.37. The first kappa shape index (κ1) is 22.9. The van der Waals surface area contributed by atoms with E-state index >= 15 is 0 Å². The first-order valence-corrected chi connectivity index (χ1v) is 11.5. The van der Waals surface area contributed by atoms with E-state index in [1.54, 1.807) is 0 Å². The Bertz CT molecular complexity index is 893. The molecule has 0 atom stereocenters. The van der Waals surface area contributed by atoms with Gasteiger partial charge in [-0.3, -0.25) is 4.79 Å². The molecule has 0 saturated heterocycles. The first-order chi connectivity index (χ1) is 13.9. The van der Waals surface area contributed by atoms with Gasteiger partial charge < -0.3 is 5.73 Å². The molecule has 1 fully saturated rings. The summed E-state index contributed by atoms with van der Waals surface area (Å²) in [4.78, 5) is 12.0. The average Bonchev–Trinajstić information content (AvgIpc) is 2.97. The Morgan fingerprint density at radius 3 is 2.03 bits per heavy atom.